The Balaban J connectivity index is 1.50. The summed E-state index contributed by atoms with van der Waals surface area (Å²) in [6.07, 6.45) is -0.880. The Bertz CT molecular complexity index is 669. The van der Waals surface area contributed by atoms with Gasteiger partial charge in [-0.3, -0.25) is 4.99 Å². The van der Waals surface area contributed by atoms with Crippen molar-refractivity contribution in [3.63, 3.8) is 0 Å². The molecule has 3 rings (SSSR count). The van der Waals surface area contributed by atoms with Gasteiger partial charge in [0.15, 0.2) is 5.96 Å². The molecule has 0 radical (unpaired) electrons. The number of likely N-dealkylation sites (tertiary alicyclic amines) is 1. The van der Waals surface area contributed by atoms with Crippen molar-refractivity contribution in [2.45, 2.75) is 57.2 Å². The number of aliphatic imine (C=N–C) groups is 1. The molecule has 1 aromatic carbocycles. The number of ether oxygens (including phenoxy) is 1. The van der Waals surface area contributed by atoms with Crippen LogP contribution in [0, 0.1) is 0 Å². The maximum Gasteiger partial charge on any atom is 0.573 e. The van der Waals surface area contributed by atoms with Gasteiger partial charge in [0.05, 0.1) is 12.6 Å². The first-order valence-electron chi connectivity index (χ1n) is 10.2. The van der Waals surface area contributed by atoms with Gasteiger partial charge in [0.2, 0.25) is 0 Å². The summed E-state index contributed by atoms with van der Waals surface area (Å²) in [5.41, 5.74) is 0.483. The number of halogens is 3. The molecule has 1 saturated carbocycles. The van der Waals surface area contributed by atoms with E-state index in [-0.39, 0.29) is 12.3 Å². The van der Waals surface area contributed by atoms with Crippen LogP contribution in [0.4, 0.5) is 13.2 Å². The fourth-order valence-electron chi connectivity index (χ4n) is 3.54. The average Bonchev–Trinajstić information content (AvgIpc) is 3.51. The normalized spacial score (nSPS) is 20.4. The van der Waals surface area contributed by atoms with E-state index in [1.807, 2.05) is 6.92 Å². The molecule has 1 atom stereocenters. The second-order valence-electron chi connectivity index (χ2n) is 7.54. The molecule has 1 saturated heterocycles. The fourth-order valence-corrected chi connectivity index (χ4v) is 3.54. The van der Waals surface area contributed by atoms with E-state index < -0.39 is 12.5 Å². The molecular weight excluding hydrogens is 385 g/mol. The number of aliphatic hydroxyl groups excluding tert-OH is 1. The number of benzene rings is 1. The van der Waals surface area contributed by atoms with Crippen molar-refractivity contribution in [2.75, 3.05) is 26.2 Å². The Morgan fingerprint density at radius 1 is 1.21 bits per heavy atom. The van der Waals surface area contributed by atoms with E-state index in [4.69, 9.17) is 0 Å². The van der Waals surface area contributed by atoms with Crippen molar-refractivity contribution in [1.82, 2.24) is 15.5 Å². The van der Waals surface area contributed by atoms with Crippen LogP contribution >= 0.6 is 0 Å². The maximum absolute atomic E-state index is 12.2. The highest BCUT2D eigenvalue weighted by molar-refractivity contribution is 5.80. The van der Waals surface area contributed by atoms with Crippen molar-refractivity contribution in [2.24, 2.45) is 4.99 Å². The van der Waals surface area contributed by atoms with Crippen molar-refractivity contribution in [3.05, 3.63) is 29.8 Å². The van der Waals surface area contributed by atoms with Gasteiger partial charge in [0.1, 0.15) is 5.75 Å². The van der Waals surface area contributed by atoms with Gasteiger partial charge in [0, 0.05) is 31.7 Å². The SMILES string of the molecule is CCNC(=NCC(O)c1ccc(OC(F)(F)F)cc1)NC1CCN(C2CC2)CC1. The maximum atomic E-state index is 12.2. The molecule has 2 fully saturated rings. The minimum Gasteiger partial charge on any atom is -0.406 e. The van der Waals surface area contributed by atoms with Gasteiger partial charge in [-0.2, -0.15) is 0 Å². The van der Waals surface area contributed by atoms with Crippen molar-refractivity contribution < 1.29 is 23.0 Å². The molecule has 1 heterocycles. The highest BCUT2D eigenvalue weighted by Gasteiger charge is 2.32. The van der Waals surface area contributed by atoms with E-state index in [1.54, 1.807) is 0 Å². The first-order chi connectivity index (χ1) is 13.8. The first-order valence-corrected chi connectivity index (χ1v) is 10.2. The Morgan fingerprint density at radius 2 is 1.86 bits per heavy atom. The summed E-state index contributed by atoms with van der Waals surface area (Å²) in [7, 11) is 0. The Kier molecular flexibility index (Phi) is 7.23. The van der Waals surface area contributed by atoms with Crippen LogP contribution < -0.4 is 15.4 Å². The van der Waals surface area contributed by atoms with E-state index in [2.05, 4.69) is 25.3 Å². The molecule has 0 spiro atoms. The number of rotatable bonds is 7. The van der Waals surface area contributed by atoms with Gasteiger partial charge in [-0.25, -0.2) is 0 Å². The summed E-state index contributed by atoms with van der Waals surface area (Å²) in [6, 6.07) is 6.34. The summed E-state index contributed by atoms with van der Waals surface area (Å²) in [5.74, 6) is 0.331. The summed E-state index contributed by atoms with van der Waals surface area (Å²) >= 11 is 0. The molecule has 29 heavy (non-hydrogen) atoms. The quantitative estimate of drug-likeness (QED) is 0.473. The van der Waals surface area contributed by atoms with Gasteiger partial charge < -0.3 is 25.4 Å². The molecule has 9 heteroatoms. The van der Waals surface area contributed by atoms with Crippen LogP contribution in [-0.2, 0) is 0 Å². The second-order valence-corrected chi connectivity index (χ2v) is 7.54. The van der Waals surface area contributed by atoms with Gasteiger partial charge in [-0.05, 0) is 50.3 Å². The zero-order chi connectivity index (χ0) is 20.9. The zero-order valence-corrected chi connectivity index (χ0v) is 16.6. The second kappa shape index (κ2) is 9.67. The van der Waals surface area contributed by atoms with Crippen molar-refractivity contribution in [3.8, 4) is 5.75 Å². The van der Waals surface area contributed by atoms with E-state index in [1.165, 1.54) is 37.1 Å². The standard InChI is InChI=1S/C20H29F3N4O2/c1-2-24-19(26-15-9-11-27(12-10-15)16-5-6-16)25-13-18(28)14-3-7-17(8-4-14)29-20(21,22)23/h3-4,7-8,15-16,18,28H,2,5-6,9-13H2,1H3,(H2,24,25,26). The smallest absolute Gasteiger partial charge is 0.406 e. The highest BCUT2D eigenvalue weighted by atomic mass is 19.4. The van der Waals surface area contributed by atoms with Gasteiger partial charge in [-0.1, -0.05) is 12.1 Å². The lowest BCUT2D eigenvalue weighted by atomic mass is 10.1. The summed E-state index contributed by atoms with van der Waals surface area (Å²) in [4.78, 5) is 7.01. The number of nitrogens with zero attached hydrogens (tertiary/aromatic N) is 2. The van der Waals surface area contributed by atoms with Crippen LogP contribution in [0.25, 0.3) is 0 Å². The molecule has 0 bridgehead atoms. The van der Waals surface area contributed by atoms with E-state index in [0.29, 0.717) is 24.1 Å². The third-order valence-electron chi connectivity index (χ3n) is 5.20. The summed E-state index contributed by atoms with van der Waals surface area (Å²) in [6.45, 7) is 4.97. The number of aliphatic hydroxyl groups is 1. The molecule has 1 unspecified atom stereocenters. The lowest BCUT2D eigenvalue weighted by Gasteiger charge is -2.33. The van der Waals surface area contributed by atoms with E-state index in [0.717, 1.165) is 32.0 Å². The van der Waals surface area contributed by atoms with Gasteiger partial charge >= 0.3 is 6.36 Å². The number of hydrogen-bond acceptors (Lipinski definition) is 4. The molecule has 1 aliphatic carbocycles. The minimum atomic E-state index is -4.73. The first kappa shape index (κ1) is 21.7. The van der Waals surface area contributed by atoms with Crippen molar-refractivity contribution in [1.29, 1.82) is 0 Å². The number of nitrogens with one attached hydrogen (secondary N) is 2. The summed E-state index contributed by atoms with van der Waals surface area (Å²) in [5, 5.41) is 17.0. The molecule has 0 aromatic heterocycles. The molecule has 0 amide bonds. The molecule has 162 valence electrons. The van der Waals surface area contributed by atoms with E-state index in [9.17, 15) is 18.3 Å². The average molecular weight is 414 g/mol. The van der Waals surface area contributed by atoms with E-state index >= 15 is 0 Å². The third-order valence-corrected chi connectivity index (χ3v) is 5.20. The molecule has 6 nitrogen and oxygen atoms in total. The minimum absolute atomic E-state index is 0.107. The molecule has 3 N–H and O–H groups in total. The zero-order valence-electron chi connectivity index (χ0n) is 16.6. The Hall–Kier alpha value is -2.00. The Morgan fingerprint density at radius 3 is 2.41 bits per heavy atom. The Labute approximate surface area is 169 Å². The fraction of sp³-hybridized carbons (Fsp3) is 0.650. The van der Waals surface area contributed by atoms with Crippen molar-refractivity contribution >= 4 is 5.96 Å². The van der Waals surface area contributed by atoms with Crippen LogP contribution in [-0.4, -0.2) is 60.6 Å². The van der Waals surface area contributed by atoms with Crippen LogP contribution in [0.15, 0.2) is 29.3 Å². The van der Waals surface area contributed by atoms with Gasteiger partial charge in [-0.15, -0.1) is 13.2 Å². The van der Waals surface area contributed by atoms with Crippen LogP contribution in [0.1, 0.15) is 44.3 Å². The molecule has 2 aliphatic rings. The number of guanidine groups is 1. The summed E-state index contributed by atoms with van der Waals surface area (Å²) < 4.78 is 40.5. The van der Waals surface area contributed by atoms with Crippen LogP contribution in [0.2, 0.25) is 0 Å². The molecule has 1 aromatic rings. The lowest BCUT2D eigenvalue weighted by molar-refractivity contribution is -0.274. The highest BCUT2D eigenvalue weighted by Crippen LogP contribution is 2.29. The largest absolute Gasteiger partial charge is 0.573 e. The monoisotopic (exact) mass is 414 g/mol. The topological polar surface area (TPSA) is 69.1 Å². The predicted molar refractivity (Wildman–Crippen MR) is 105 cm³/mol. The van der Waals surface area contributed by atoms with Crippen LogP contribution in [0.3, 0.4) is 0 Å². The number of alkyl halides is 3. The van der Waals surface area contributed by atoms with Gasteiger partial charge in [0.25, 0.3) is 0 Å². The van der Waals surface area contributed by atoms with Crippen LogP contribution in [0.5, 0.6) is 5.75 Å². The lowest BCUT2D eigenvalue weighted by Crippen LogP contribution is -2.49. The predicted octanol–water partition coefficient (Wildman–Crippen LogP) is 2.80. The number of hydrogen-bond donors (Lipinski definition) is 3. The number of piperidine rings is 1. The molecular formula is C20H29F3N4O2. The third kappa shape index (κ3) is 7.08. The molecule has 1 aliphatic heterocycles.